The number of nitro benzene ring substituents is 1. The van der Waals surface area contributed by atoms with Crippen LogP contribution in [0.5, 0.6) is 0 Å². The van der Waals surface area contributed by atoms with Crippen molar-refractivity contribution in [3.63, 3.8) is 0 Å². The molecule has 0 aromatic heterocycles. The Morgan fingerprint density at radius 3 is 2.55 bits per heavy atom. The molecule has 5 heteroatoms. The number of para-hydroxylation sites is 1. The molecule has 1 aliphatic rings. The fourth-order valence-electron chi connectivity index (χ4n) is 2.62. The fraction of sp³-hybridized carbons (Fsp3) is 0.235. The maximum atomic E-state index is 12.4. The van der Waals surface area contributed by atoms with Gasteiger partial charge in [0.1, 0.15) is 5.56 Å². The number of nitrogens with zero attached hydrogens (tertiary/aromatic N) is 2. The predicted molar refractivity (Wildman–Crippen MR) is 82.7 cm³/mol. The molecular formula is C17H16N2O3. The molecule has 22 heavy (non-hydrogen) atoms. The highest BCUT2D eigenvalue weighted by molar-refractivity contribution is 5.99. The van der Waals surface area contributed by atoms with E-state index in [0.29, 0.717) is 6.54 Å². The lowest BCUT2D eigenvalue weighted by Gasteiger charge is -2.05. The molecule has 1 fully saturated rings. The van der Waals surface area contributed by atoms with Crippen molar-refractivity contribution in [2.45, 2.75) is 18.9 Å². The molecule has 1 amide bonds. The summed E-state index contributed by atoms with van der Waals surface area (Å²) in [5.74, 6) is -0.245. The van der Waals surface area contributed by atoms with E-state index in [1.54, 1.807) is 17.0 Å². The number of amides is 1. The largest absolute Gasteiger partial charge is 0.332 e. The van der Waals surface area contributed by atoms with Crippen molar-refractivity contribution >= 4 is 11.6 Å². The van der Waals surface area contributed by atoms with Gasteiger partial charge >= 0.3 is 0 Å². The summed E-state index contributed by atoms with van der Waals surface area (Å²) in [5.41, 5.74) is 1.29. The Bertz CT molecular complexity index is 700. The standard InChI is InChI=1S/C17H16N2O3/c20-17(15-8-4-5-9-16(15)19(21)22)18-12-14(18)11-10-13-6-2-1-3-7-13/h1-9,14H,10-12H2/t14-,18?/m1/s1. The quantitative estimate of drug-likeness (QED) is 0.484. The van der Waals surface area contributed by atoms with Gasteiger partial charge in [0, 0.05) is 12.6 Å². The topological polar surface area (TPSA) is 63.2 Å². The van der Waals surface area contributed by atoms with E-state index in [4.69, 9.17) is 0 Å². The number of nitro groups is 1. The zero-order chi connectivity index (χ0) is 15.5. The van der Waals surface area contributed by atoms with Crippen LogP contribution in [-0.2, 0) is 6.42 Å². The number of hydrogen-bond donors (Lipinski definition) is 0. The van der Waals surface area contributed by atoms with Crippen LogP contribution in [0.15, 0.2) is 54.6 Å². The average molecular weight is 296 g/mol. The molecular weight excluding hydrogens is 280 g/mol. The number of carbonyl (C=O) groups excluding carboxylic acids is 1. The van der Waals surface area contributed by atoms with Gasteiger partial charge in [-0.2, -0.15) is 0 Å². The van der Waals surface area contributed by atoms with Gasteiger partial charge < -0.3 is 4.90 Å². The third-order valence-electron chi connectivity index (χ3n) is 3.92. The Hall–Kier alpha value is -2.69. The SMILES string of the molecule is O=C(c1ccccc1[N+](=O)[O-])N1C[C@H]1CCc1ccccc1. The van der Waals surface area contributed by atoms with Gasteiger partial charge in [0.2, 0.25) is 0 Å². The lowest BCUT2D eigenvalue weighted by atomic mass is 10.1. The summed E-state index contributed by atoms with van der Waals surface area (Å²) in [6.45, 7) is 0.678. The van der Waals surface area contributed by atoms with Gasteiger partial charge in [-0.3, -0.25) is 14.9 Å². The van der Waals surface area contributed by atoms with Gasteiger partial charge in [0.25, 0.3) is 11.6 Å². The van der Waals surface area contributed by atoms with Gasteiger partial charge in [-0.25, -0.2) is 0 Å². The smallest absolute Gasteiger partial charge is 0.282 e. The van der Waals surface area contributed by atoms with Crippen LogP contribution in [0.3, 0.4) is 0 Å². The Balaban J connectivity index is 1.63. The van der Waals surface area contributed by atoms with E-state index in [-0.39, 0.29) is 23.2 Å². The Morgan fingerprint density at radius 1 is 1.14 bits per heavy atom. The lowest BCUT2D eigenvalue weighted by Crippen LogP contribution is -2.15. The van der Waals surface area contributed by atoms with Crippen molar-refractivity contribution in [2.24, 2.45) is 0 Å². The molecule has 3 rings (SSSR count). The fourth-order valence-corrected chi connectivity index (χ4v) is 2.62. The summed E-state index contributed by atoms with van der Waals surface area (Å²) in [6.07, 6.45) is 1.79. The van der Waals surface area contributed by atoms with Gasteiger partial charge in [0.05, 0.1) is 11.0 Å². The van der Waals surface area contributed by atoms with Gasteiger partial charge in [-0.1, -0.05) is 42.5 Å². The average Bonchev–Trinajstić information content (AvgIpc) is 3.33. The van der Waals surface area contributed by atoms with Gasteiger partial charge in [-0.05, 0) is 24.5 Å². The second-order valence-electron chi connectivity index (χ2n) is 5.41. The van der Waals surface area contributed by atoms with Crippen LogP contribution in [0.2, 0.25) is 0 Å². The second kappa shape index (κ2) is 5.97. The third-order valence-corrected chi connectivity index (χ3v) is 3.92. The number of hydrogen-bond acceptors (Lipinski definition) is 3. The summed E-state index contributed by atoms with van der Waals surface area (Å²) in [6, 6.07) is 16.4. The molecule has 0 unspecified atom stereocenters. The first-order chi connectivity index (χ1) is 10.7. The highest BCUT2D eigenvalue weighted by Crippen LogP contribution is 2.28. The predicted octanol–water partition coefficient (Wildman–Crippen LogP) is 3.05. The second-order valence-corrected chi connectivity index (χ2v) is 5.41. The van der Waals surface area contributed by atoms with Crippen LogP contribution in [0.4, 0.5) is 5.69 Å². The number of rotatable bonds is 5. The zero-order valence-corrected chi connectivity index (χ0v) is 12.0. The van der Waals surface area contributed by atoms with Crippen LogP contribution in [0.1, 0.15) is 22.3 Å². The van der Waals surface area contributed by atoms with Crippen LogP contribution in [0, 0.1) is 10.1 Å². The van der Waals surface area contributed by atoms with Crippen LogP contribution in [0.25, 0.3) is 0 Å². The first-order valence-corrected chi connectivity index (χ1v) is 7.25. The molecule has 1 atom stereocenters. The van der Waals surface area contributed by atoms with E-state index in [2.05, 4.69) is 12.1 Å². The van der Waals surface area contributed by atoms with Crippen LogP contribution in [-0.4, -0.2) is 28.3 Å². The number of carbonyl (C=O) groups is 1. The van der Waals surface area contributed by atoms with Crippen molar-refractivity contribution in [2.75, 3.05) is 6.54 Å². The summed E-state index contributed by atoms with van der Waals surface area (Å²) in [5, 5.41) is 11.0. The maximum Gasteiger partial charge on any atom is 0.282 e. The first-order valence-electron chi connectivity index (χ1n) is 7.25. The molecule has 0 N–H and O–H groups in total. The molecule has 1 heterocycles. The molecule has 0 aliphatic carbocycles. The van der Waals surface area contributed by atoms with E-state index in [0.717, 1.165) is 12.8 Å². The minimum absolute atomic E-state index is 0.124. The molecule has 1 saturated heterocycles. The van der Waals surface area contributed by atoms with E-state index in [1.165, 1.54) is 17.7 Å². The maximum absolute atomic E-state index is 12.4. The van der Waals surface area contributed by atoms with Crippen LogP contribution < -0.4 is 0 Å². The molecule has 5 nitrogen and oxygen atoms in total. The molecule has 0 bridgehead atoms. The molecule has 0 saturated carbocycles. The zero-order valence-electron chi connectivity index (χ0n) is 12.0. The molecule has 0 radical (unpaired) electrons. The van der Waals surface area contributed by atoms with Crippen molar-refractivity contribution in [1.29, 1.82) is 0 Å². The van der Waals surface area contributed by atoms with E-state index < -0.39 is 4.92 Å². The highest BCUT2D eigenvalue weighted by atomic mass is 16.6. The van der Waals surface area contributed by atoms with Crippen molar-refractivity contribution in [3.05, 3.63) is 75.8 Å². The molecule has 2 aromatic rings. The van der Waals surface area contributed by atoms with Crippen molar-refractivity contribution < 1.29 is 9.72 Å². The Morgan fingerprint density at radius 2 is 1.82 bits per heavy atom. The number of benzene rings is 2. The van der Waals surface area contributed by atoms with Gasteiger partial charge in [0.15, 0.2) is 0 Å². The molecule has 112 valence electrons. The molecule has 0 spiro atoms. The third kappa shape index (κ3) is 2.98. The molecule has 1 aliphatic heterocycles. The van der Waals surface area contributed by atoms with E-state index >= 15 is 0 Å². The molecule has 2 aromatic carbocycles. The van der Waals surface area contributed by atoms with E-state index in [1.807, 2.05) is 18.2 Å². The van der Waals surface area contributed by atoms with E-state index in [9.17, 15) is 14.9 Å². The van der Waals surface area contributed by atoms with Crippen molar-refractivity contribution in [3.8, 4) is 0 Å². The normalized spacial score (nSPS) is 16.4. The minimum Gasteiger partial charge on any atom is -0.332 e. The summed E-state index contributed by atoms with van der Waals surface area (Å²) in [7, 11) is 0. The lowest BCUT2D eigenvalue weighted by molar-refractivity contribution is -0.385. The van der Waals surface area contributed by atoms with Crippen LogP contribution >= 0.6 is 0 Å². The monoisotopic (exact) mass is 296 g/mol. The Labute approximate surface area is 128 Å². The summed E-state index contributed by atoms with van der Waals surface area (Å²) in [4.78, 5) is 24.6. The first kappa shape index (κ1) is 14.3. The summed E-state index contributed by atoms with van der Waals surface area (Å²) < 4.78 is 0. The Kier molecular flexibility index (Phi) is 3.87. The highest BCUT2D eigenvalue weighted by Gasteiger charge is 2.40. The minimum atomic E-state index is -0.504. The van der Waals surface area contributed by atoms with Gasteiger partial charge in [-0.15, -0.1) is 0 Å². The van der Waals surface area contributed by atoms with Crippen molar-refractivity contribution in [1.82, 2.24) is 4.90 Å². The number of aryl methyl sites for hydroxylation is 1. The summed E-state index contributed by atoms with van der Waals surface area (Å²) >= 11 is 0.